The number of anilines is 1. The van der Waals surface area contributed by atoms with Gasteiger partial charge in [0.2, 0.25) is 5.78 Å². The average molecular weight is 368 g/mol. The number of esters is 1. The zero-order valence-corrected chi connectivity index (χ0v) is 15.2. The number of Topliss-reactive ketones (excluding diaryl/α,β-unsaturated/α-hetero) is 1. The molecule has 0 spiro atoms. The van der Waals surface area contributed by atoms with Crippen molar-refractivity contribution < 1.29 is 19.2 Å². The fourth-order valence-electron chi connectivity index (χ4n) is 3.26. The summed E-state index contributed by atoms with van der Waals surface area (Å²) >= 11 is 0. The molecule has 0 saturated carbocycles. The smallest absolute Gasteiger partial charge is 0.339 e. The van der Waals surface area contributed by atoms with Gasteiger partial charge in [0.05, 0.1) is 10.5 Å². The monoisotopic (exact) mass is 368 g/mol. The van der Waals surface area contributed by atoms with Crippen molar-refractivity contribution in [2.24, 2.45) is 0 Å². The molecule has 1 aliphatic carbocycles. The van der Waals surface area contributed by atoms with E-state index in [1.54, 1.807) is 13.1 Å². The second-order valence-electron chi connectivity index (χ2n) is 6.49. The quantitative estimate of drug-likeness (QED) is 0.362. The van der Waals surface area contributed by atoms with Gasteiger partial charge in [-0.05, 0) is 55.5 Å². The molecule has 2 aromatic carbocycles. The third-order valence-corrected chi connectivity index (χ3v) is 4.74. The van der Waals surface area contributed by atoms with Gasteiger partial charge >= 0.3 is 5.97 Å². The number of ether oxygens (including phenoxy) is 1. The highest BCUT2D eigenvalue weighted by Crippen LogP contribution is 2.26. The molecule has 140 valence electrons. The molecule has 1 atom stereocenters. The van der Waals surface area contributed by atoms with E-state index in [1.165, 1.54) is 24.6 Å². The molecule has 3 rings (SSSR count). The summed E-state index contributed by atoms with van der Waals surface area (Å²) < 4.78 is 5.25. The summed E-state index contributed by atoms with van der Waals surface area (Å²) in [5.41, 5.74) is 3.01. The first-order valence-corrected chi connectivity index (χ1v) is 8.74. The normalized spacial score (nSPS) is 13.6. The average Bonchev–Trinajstić information content (AvgIpc) is 3.14. The van der Waals surface area contributed by atoms with Crippen molar-refractivity contribution in [1.82, 2.24) is 0 Å². The van der Waals surface area contributed by atoms with Crippen molar-refractivity contribution in [3.63, 3.8) is 0 Å². The van der Waals surface area contributed by atoms with E-state index in [-0.39, 0.29) is 17.0 Å². The van der Waals surface area contributed by atoms with Gasteiger partial charge in [0.1, 0.15) is 5.69 Å². The van der Waals surface area contributed by atoms with Gasteiger partial charge in [-0.25, -0.2) is 4.79 Å². The van der Waals surface area contributed by atoms with Gasteiger partial charge in [-0.3, -0.25) is 14.9 Å². The summed E-state index contributed by atoms with van der Waals surface area (Å²) in [6, 6.07) is 9.56. The van der Waals surface area contributed by atoms with Crippen LogP contribution in [-0.2, 0) is 17.6 Å². The predicted octanol–water partition coefficient (Wildman–Crippen LogP) is 3.55. The van der Waals surface area contributed by atoms with Gasteiger partial charge < -0.3 is 10.1 Å². The summed E-state index contributed by atoms with van der Waals surface area (Å²) in [6.45, 7) is 1.50. The number of ketones is 1. The summed E-state index contributed by atoms with van der Waals surface area (Å²) in [7, 11) is 1.55. The lowest BCUT2D eigenvalue weighted by molar-refractivity contribution is -0.384. The molecule has 1 N–H and O–H groups in total. The molecular formula is C20H20N2O5. The van der Waals surface area contributed by atoms with Gasteiger partial charge in [0.25, 0.3) is 5.69 Å². The largest absolute Gasteiger partial charge is 0.451 e. The van der Waals surface area contributed by atoms with Gasteiger partial charge in [0, 0.05) is 18.7 Å². The number of hydrogen-bond donors (Lipinski definition) is 1. The van der Waals surface area contributed by atoms with Crippen LogP contribution in [0.1, 0.15) is 45.2 Å². The zero-order valence-electron chi connectivity index (χ0n) is 15.2. The first-order chi connectivity index (χ1) is 12.9. The van der Waals surface area contributed by atoms with Gasteiger partial charge in [-0.15, -0.1) is 0 Å². The molecule has 0 amide bonds. The molecule has 0 heterocycles. The highest BCUT2D eigenvalue weighted by Gasteiger charge is 2.24. The molecule has 0 unspecified atom stereocenters. The Morgan fingerprint density at radius 1 is 1.11 bits per heavy atom. The minimum absolute atomic E-state index is 0.0225. The number of benzene rings is 2. The molecule has 7 heteroatoms. The van der Waals surface area contributed by atoms with Crippen LogP contribution in [0.4, 0.5) is 11.4 Å². The van der Waals surface area contributed by atoms with Crippen molar-refractivity contribution in [2.45, 2.75) is 32.3 Å². The minimum atomic E-state index is -0.986. The summed E-state index contributed by atoms with van der Waals surface area (Å²) in [5.74, 6) is -1.07. The predicted molar refractivity (Wildman–Crippen MR) is 100 cm³/mol. The second-order valence-corrected chi connectivity index (χ2v) is 6.49. The van der Waals surface area contributed by atoms with E-state index >= 15 is 0 Å². The van der Waals surface area contributed by atoms with Crippen molar-refractivity contribution >= 4 is 23.1 Å². The summed E-state index contributed by atoms with van der Waals surface area (Å²) in [6.07, 6.45) is 2.07. The van der Waals surface area contributed by atoms with Crippen LogP contribution in [0, 0.1) is 10.1 Å². The lowest BCUT2D eigenvalue weighted by atomic mass is 10.0. The third kappa shape index (κ3) is 3.81. The first kappa shape index (κ1) is 18.6. The van der Waals surface area contributed by atoms with E-state index < -0.39 is 17.0 Å². The van der Waals surface area contributed by atoms with Crippen LogP contribution in [0.2, 0.25) is 0 Å². The Kier molecular flexibility index (Phi) is 5.21. The SMILES string of the molecule is CNc1ccc(C(=O)O[C@H](C)C(=O)c2ccc3c(c2)CCC3)cc1[N+](=O)[O-]. The van der Waals surface area contributed by atoms with Crippen molar-refractivity contribution in [3.8, 4) is 0 Å². The summed E-state index contributed by atoms with van der Waals surface area (Å²) in [5, 5.41) is 13.8. The van der Waals surface area contributed by atoms with Gasteiger partial charge in [-0.2, -0.15) is 0 Å². The van der Waals surface area contributed by atoms with E-state index in [9.17, 15) is 19.7 Å². The van der Waals surface area contributed by atoms with E-state index in [4.69, 9.17) is 4.74 Å². The number of nitrogens with zero attached hydrogens (tertiary/aromatic N) is 1. The number of nitro benzene ring substituents is 1. The number of aryl methyl sites for hydroxylation is 2. The maximum absolute atomic E-state index is 12.6. The number of fused-ring (bicyclic) bond motifs is 1. The Balaban J connectivity index is 1.74. The van der Waals surface area contributed by atoms with E-state index in [0.29, 0.717) is 11.3 Å². The maximum Gasteiger partial charge on any atom is 0.339 e. The van der Waals surface area contributed by atoms with Crippen LogP contribution in [0.5, 0.6) is 0 Å². The third-order valence-electron chi connectivity index (χ3n) is 4.74. The van der Waals surface area contributed by atoms with E-state index in [1.807, 2.05) is 12.1 Å². The number of hydrogen-bond acceptors (Lipinski definition) is 6. The number of nitrogens with one attached hydrogen (secondary N) is 1. The Hall–Kier alpha value is -3.22. The molecule has 0 bridgehead atoms. The van der Waals surface area contributed by atoms with Crippen molar-refractivity contribution in [2.75, 3.05) is 12.4 Å². The molecule has 0 aromatic heterocycles. The molecule has 7 nitrogen and oxygen atoms in total. The Morgan fingerprint density at radius 2 is 1.81 bits per heavy atom. The molecule has 0 fully saturated rings. The van der Waals surface area contributed by atoms with Crippen LogP contribution in [0.25, 0.3) is 0 Å². The number of carbonyl (C=O) groups excluding carboxylic acids is 2. The molecule has 27 heavy (non-hydrogen) atoms. The fraction of sp³-hybridized carbons (Fsp3) is 0.300. The Bertz CT molecular complexity index is 923. The van der Waals surface area contributed by atoms with Crippen LogP contribution in [0.3, 0.4) is 0 Å². The number of carbonyl (C=O) groups is 2. The van der Waals surface area contributed by atoms with Gasteiger partial charge in [-0.1, -0.05) is 12.1 Å². The van der Waals surface area contributed by atoms with Crippen LogP contribution in [0.15, 0.2) is 36.4 Å². The van der Waals surface area contributed by atoms with Gasteiger partial charge in [0.15, 0.2) is 6.10 Å². The van der Waals surface area contributed by atoms with E-state index in [0.717, 1.165) is 30.9 Å². The fourth-order valence-corrected chi connectivity index (χ4v) is 3.26. The van der Waals surface area contributed by atoms with E-state index in [2.05, 4.69) is 5.32 Å². The van der Waals surface area contributed by atoms with Crippen LogP contribution in [-0.4, -0.2) is 29.8 Å². The van der Waals surface area contributed by atoms with Crippen LogP contribution >= 0.6 is 0 Å². The Morgan fingerprint density at radius 3 is 2.52 bits per heavy atom. The molecule has 1 aliphatic rings. The van der Waals surface area contributed by atoms with Crippen LogP contribution < -0.4 is 5.32 Å². The molecular weight excluding hydrogens is 348 g/mol. The number of nitro groups is 1. The molecule has 0 saturated heterocycles. The minimum Gasteiger partial charge on any atom is -0.451 e. The summed E-state index contributed by atoms with van der Waals surface area (Å²) in [4.78, 5) is 35.5. The lowest BCUT2D eigenvalue weighted by Gasteiger charge is -2.13. The Labute approximate surface area is 156 Å². The molecule has 2 aromatic rings. The van der Waals surface area contributed by atoms with Crippen molar-refractivity contribution in [3.05, 3.63) is 68.8 Å². The maximum atomic E-state index is 12.6. The highest BCUT2D eigenvalue weighted by molar-refractivity contribution is 6.01. The highest BCUT2D eigenvalue weighted by atomic mass is 16.6. The standard InChI is InChI=1S/C20H20N2O5/c1-12(19(23)15-7-6-13-4-3-5-14(13)10-15)27-20(24)16-8-9-17(21-2)18(11-16)22(25)26/h6-12,21H,3-5H2,1-2H3/t12-/m1/s1. The topological polar surface area (TPSA) is 98.5 Å². The zero-order chi connectivity index (χ0) is 19.6. The second kappa shape index (κ2) is 7.57. The molecule has 0 aliphatic heterocycles. The lowest BCUT2D eigenvalue weighted by Crippen LogP contribution is -2.24. The molecule has 0 radical (unpaired) electrons. The number of rotatable bonds is 6. The first-order valence-electron chi connectivity index (χ1n) is 8.74. The van der Waals surface area contributed by atoms with Crippen molar-refractivity contribution in [1.29, 1.82) is 0 Å².